The van der Waals surface area contributed by atoms with E-state index in [4.69, 9.17) is 37.9 Å². The minimum atomic E-state index is -2.10. The molecule has 93 heavy (non-hydrogen) atoms. The summed E-state index contributed by atoms with van der Waals surface area (Å²) in [7, 11) is 0. The Balaban J connectivity index is 1.31. The van der Waals surface area contributed by atoms with Crippen LogP contribution in [0.1, 0.15) is 226 Å². The van der Waals surface area contributed by atoms with Gasteiger partial charge in [-0.3, -0.25) is 9.59 Å². The normalized spacial score (nSPS) is 32.5. The number of hydrogen-bond donors (Lipinski definition) is 15. The van der Waals surface area contributed by atoms with Crippen LogP contribution in [0.25, 0.3) is 0 Å². The number of rotatable bonds is 50. The first-order chi connectivity index (χ1) is 45.0. The second-order valence-electron chi connectivity index (χ2n) is 26.1. The van der Waals surface area contributed by atoms with E-state index in [2.05, 4.69) is 36.6 Å². The van der Waals surface area contributed by atoms with Crippen molar-refractivity contribution < 1.29 is 114 Å². The van der Waals surface area contributed by atoms with Crippen LogP contribution >= 0.6 is 0 Å². The van der Waals surface area contributed by atoms with Gasteiger partial charge in [-0.15, -0.1) is 0 Å². The van der Waals surface area contributed by atoms with E-state index in [0.29, 0.717) is 12.8 Å². The van der Waals surface area contributed by atoms with E-state index in [0.717, 1.165) is 51.9 Å². The van der Waals surface area contributed by atoms with E-state index in [1.54, 1.807) is 6.08 Å². The fourth-order valence-electron chi connectivity index (χ4n) is 12.5. The molecule has 1 unspecified atom stereocenters. The summed E-state index contributed by atoms with van der Waals surface area (Å²) in [6.07, 6.45) is 9.60. The molecule has 0 aromatic rings. The van der Waals surface area contributed by atoms with E-state index in [1.165, 1.54) is 141 Å². The summed E-state index contributed by atoms with van der Waals surface area (Å²) in [6.45, 7) is 1.60. The number of hydrogen-bond acceptors (Lipinski definition) is 23. The zero-order chi connectivity index (χ0) is 67.9. The first-order valence-corrected chi connectivity index (χ1v) is 35.6. The first-order valence-electron chi connectivity index (χ1n) is 35.6. The summed E-state index contributed by atoms with van der Waals surface area (Å²) in [5.41, 5.74) is 0. The van der Waals surface area contributed by atoms with Crippen LogP contribution in [-0.4, -0.2) is 246 Å². The molecule has 4 heterocycles. The molecular formula is C68H124N2O23. The van der Waals surface area contributed by atoms with Crippen molar-refractivity contribution in [3.63, 3.8) is 0 Å². The molecule has 0 radical (unpaired) electrons. The number of ether oxygens (including phenoxy) is 8. The molecule has 0 aromatic carbocycles. The van der Waals surface area contributed by atoms with Gasteiger partial charge in [0.1, 0.15) is 97.6 Å². The van der Waals surface area contributed by atoms with Gasteiger partial charge in [0.15, 0.2) is 25.2 Å². The maximum Gasteiger partial charge on any atom is 0.220 e. The van der Waals surface area contributed by atoms with E-state index >= 15 is 0 Å². The summed E-state index contributed by atoms with van der Waals surface area (Å²) in [5.74, 6) is -1.06. The summed E-state index contributed by atoms with van der Waals surface area (Å²) in [6, 6.07) is -2.63. The lowest BCUT2D eigenvalue weighted by molar-refractivity contribution is -0.380. The molecular weight excluding hydrogens is 1210 g/mol. The summed E-state index contributed by atoms with van der Waals surface area (Å²) >= 11 is 0. The summed E-state index contributed by atoms with van der Waals surface area (Å²) in [4.78, 5) is 26.0. The molecule has 25 heteroatoms. The fourth-order valence-corrected chi connectivity index (χ4v) is 12.5. The highest BCUT2D eigenvalue weighted by atomic mass is 16.8. The number of aliphatic hydroxyl groups excluding tert-OH is 13. The quantitative estimate of drug-likeness (QED) is 0.0303. The third-order valence-corrected chi connectivity index (χ3v) is 18.3. The monoisotopic (exact) mass is 1340 g/mol. The molecule has 0 saturated carbocycles. The van der Waals surface area contributed by atoms with Gasteiger partial charge < -0.3 is 115 Å². The SMILES string of the molecule is CCCCCCCCC=CCCCCCCCCCCCCCC(=O)N[C@@H](CO[C@@H]1O[C@H](CO)[C@@H](O[C@@H]2O[C@H](CO)[C@H](O[C@@H]3O[C@H](CO)[C@H](O)[C@H](O[C@@H]4O[C@H](CO)[C@H](O)[C@H](O)[C@H]4O)[C@H]3NC(C)=O)[C@H](O)[C@H]2O)[C@H](O)C1O)[C@H](O)C=CCCCCCCCCCCCCC. The Bertz CT molecular complexity index is 1980. The highest BCUT2D eigenvalue weighted by Crippen LogP contribution is 2.35. The largest absolute Gasteiger partial charge is 0.394 e. The van der Waals surface area contributed by atoms with Crippen LogP contribution in [0.15, 0.2) is 24.3 Å². The van der Waals surface area contributed by atoms with Gasteiger partial charge in [-0.25, -0.2) is 0 Å². The lowest BCUT2D eigenvalue weighted by Crippen LogP contribution is -2.70. The van der Waals surface area contributed by atoms with Crippen LogP contribution < -0.4 is 10.6 Å². The van der Waals surface area contributed by atoms with Gasteiger partial charge in [-0.2, -0.15) is 0 Å². The molecule has 4 aliphatic rings. The second kappa shape index (κ2) is 48.3. The van der Waals surface area contributed by atoms with Crippen molar-refractivity contribution >= 4 is 11.8 Å². The standard InChI is InChI=1S/C68H124N2O23/c1-4-6-8-10-12-14-16-18-19-20-21-22-23-24-25-27-29-31-33-35-37-39-52(77)70-46(47(76)38-36-34-32-30-28-26-17-15-13-11-9-7-5-2)44-86-66-60(84)57(81)63(50(42-73)89-66)92-68-61(85)58(82)62(51(43-74)90-68)91-65-53(69-45(3)75)64(55(79)49(41-72)87-65)93-67-59(83)56(80)54(78)48(40-71)88-67/h18-19,36,38,46-51,53-68,71-74,76,78-85H,4-17,20-35,37,39-44H2,1-3H3,(H,69,75)(H,70,77)/t46-,47+,48+,49+,50+,51+,53+,54-,55-,56-,57+,58+,59+,60?,61+,62-,63+,64+,65-,66+,67-,68-/m0/s1. The van der Waals surface area contributed by atoms with Crippen molar-refractivity contribution in [2.24, 2.45) is 0 Å². The number of nitrogens with one attached hydrogen (secondary N) is 2. The zero-order valence-corrected chi connectivity index (χ0v) is 56.1. The van der Waals surface area contributed by atoms with Gasteiger partial charge in [-0.05, 0) is 44.9 Å². The van der Waals surface area contributed by atoms with Crippen LogP contribution in [0.5, 0.6) is 0 Å². The average molecular weight is 1340 g/mol. The molecule has 2 amide bonds. The highest BCUT2D eigenvalue weighted by Gasteiger charge is 2.56. The third kappa shape index (κ3) is 29.5. The van der Waals surface area contributed by atoms with E-state index in [1.807, 2.05) is 6.08 Å². The van der Waals surface area contributed by atoms with Gasteiger partial charge >= 0.3 is 0 Å². The van der Waals surface area contributed by atoms with Crippen molar-refractivity contribution in [2.45, 2.75) is 361 Å². The van der Waals surface area contributed by atoms with Crippen molar-refractivity contribution in [1.29, 1.82) is 0 Å². The maximum atomic E-state index is 13.5. The van der Waals surface area contributed by atoms with Crippen molar-refractivity contribution in [2.75, 3.05) is 33.0 Å². The minimum Gasteiger partial charge on any atom is -0.394 e. The number of allylic oxidation sites excluding steroid dienone is 3. The Hall–Kier alpha value is -2.42. The van der Waals surface area contributed by atoms with Gasteiger partial charge in [-0.1, -0.05) is 192 Å². The molecule has 4 saturated heterocycles. The summed E-state index contributed by atoms with van der Waals surface area (Å²) < 4.78 is 46.8. The molecule has 25 nitrogen and oxygen atoms in total. The molecule has 22 atom stereocenters. The Morgan fingerprint density at radius 1 is 0.419 bits per heavy atom. The summed E-state index contributed by atoms with van der Waals surface area (Å²) in [5, 5.41) is 147. The van der Waals surface area contributed by atoms with Crippen molar-refractivity contribution in [3.8, 4) is 0 Å². The molecule has 4 rings (SSSR count). The molecule has 0 aliphatic carbocycles. The van der Waals surface area contributed by atoms with Crippen LogP contribution in [0.2, 0.25) is 0 Å². The Kier molecular flexibility index (Phi) is 43.1. The van der Waals surface area contributed by atoms with E-state index < -0.39 is 174 Å². The lowest BCUT2D eigenvalue weighted by atomic mass is 9.94. The van der Waals surface area contributed by atoms with Crippen LogP contribution in [-0.2, 0) is 47.5 Å². The zero-order valence-electron chi connectivity index (χ0n) is 56.1. The first kappa shape index (κ1) is 83.0. The van der Waals surface area contributed by atoms with E-state index in [-0.39, 0.29) is 12.3 Å². The molecule has 4 aliphatic heterocycles. The van der Waals surface area contributed by atoms with Gasteiger partial charge in [0, 0.05) is 13.3 Å². The minimum absolute atomic E-state index is 0.213. The fraction of sp³-hybridized carbons (Fsp3) is 0.912. The Labute approximate surface area is 552 Å². The average Bonchev–Trinajstić information content (AvgIpc) is 0.792. The maximum absolute atomic E-state index is 13.5. The van der Waals surface area contributed by atoms with Gasteiger partial charge in [0.25, 0.3) is 0 Å². The number of carbonyl (C=O) groups excluding carboxylic acids is 2. The topological polar surface area (TPSA) is 395 Å². The lowest BCUT2D eigenvalue weighted by Gasteiger charge is -2.50. The Morgan fingerprint density at radius 2 is 0.785 bits per heavy atom. The highest BCUT2D eigenvalue weighted by molar-refractivity contribution is 5.76. The second-order valence-corrected chi connectivity index (χ2v) is 26.1. The van der Waals surface area contributed by atoms with Crippen LogP contribution in [0.3, 0.4) is 0 Å². The number of carbonyl (C=O) groups is 2. The number of amides is 2. The van der Waals surface area contributed by atoms with Crippen molar-refractivity contribution in [1.82, 2.24) is 10.6 Å². The third-order valence-electron chi connectivity index (χ3n) is 18.3. The molecule has 4 fully saturated rings. The number of unbranched alkanes of at least 4 members (excludes halogenated alkanes) is 28. The predicted molar refractivity (Wildman–Crippen MR) is 345 cm³/mol. The van der Waals surface area contributed by atoms with E-state index in [9.17, 15) is 76.0 Å². The molecule has 0 bridgehead atoms. The number of aliphatic hydroxyl groups is 13. The predicted octanol–water partition coefficient (Wildman–Crippen LogP) is 3.90. The van der Waals surface area contributed by atoms with Gasteiger partial charge in [0.2, 0.25) is 11.8 Å². The molecule has 544 valence electrons. The smallest absolute Gasteiger partial charge is 0.220 e. The van der Waals surface area contributed by atoms with Crippen LogP contribution in [0, 0.1) is 0 Å². The van der Waals surface area contributed by atoms with Crippen molar-refractivity contribution in [3.05, 3.63) is 24.3 Å². The van der Waals surface area contributed by atoms with Gasteiger partial charge in [0.05, 0.1) is 45.2 Å². The molecule has 0 spiro atoms. The Morgan fingerprint density at radius 3 is 1.25 bits per heavy atom. The van der Waals surface area contributed by atoms with Crippen LogP contribution in [0.4, 0.5) is 0 Å². The molecule has 15 N–H and O–H groups in total. The molecule has 0 aromatic heterocycles.